The molecule has 0 atom stereocenters. The van der Waals surface area contributed by atoms with Crippen molar-refractivity contribution in [3.8, 4) is 16.9 Å². The summed E-state index contributed by atoms with van der Waals surface area (Å²) < 4.78 is 2.57. The van der Waals surface area contributed by atoms with Gasteiger partial charge in [-0.05, 0) is 85.3 Å². The van der Waals surface area contributed by atoms with Crippen LogP contribution in [0.2, 0.25) is 0 Å². The maximum absolute atomic E-state index is 13.7. The van der Waals surface area contributed by atoms with Gasteiger partial charge in [-0.25, -0.2) is 9.67 Å². The number of hydrogen-bond acceptors (Lipinski definition) is 8. The minimum absolute atomic E-state index is 0.0659. The number of piperidine rings is 1. The van der Waals surface area contributed by atoms with Crippen LogP contribution in [0.3, 0.4) is 0 Å². The molecule has 1 aliphatic rings. The Bertz CT molecular complexity index is 2000. The molecule has 0 saturated carbocycles. The van der Waals surface area contributed by atoms with Gasteiger partial charge in [0, 0.05) is 29.8 Å². The average Bonchev–Trinajstić information content (AvgIpc) is 3.06. The summed E-state index contributed by atoms with van der Waals surface area (Å²) in [5, 5.41) is 24.0. The smallest absolute Gasteiger partial charge is 0.290 e. The van der Waals surface area contributed by atoms with Crippen molar-refractivity contribution in [2.45, 2.75) is 58.5 Å². The number of aryl methyl sites for hydroxylation is 1. The summed E-state index contributed by atoms with van der Waals surface area (Å²) in [4.78, 5) is 33.9. The van der Waals surface area contributed by atoms with E-state index >= 15 is 0 Å². The van der Waals surface area contributed by atoms with E-state index in [2.05, 4.69) is 59.2 Å². The van der Waals surface area contributed by atoms with Crippen LogP contribution >= 0.6 is 0 Å². The molecule has 6 rings (SSSR count). The number of aliphatic hydroxyl groups excluding tert-OH is 1. The first kappa shape index (κ1) is 31.3. The van der Waals surface area contributed by atoms with Crippen LogP contribution in [0, 0.1) is 0 Å². The Balaban J connectivity index is 1.33. The monoisotopic (exact) mass is 619 g/mol. The molecule has 0 bridgehead atoms. The third kappa shape index (κ3) is 6.10. The second kappa shape index (κ2) is 12.6. The molecule has 5 aromatic rings. The van der Waals surface area contributed by atoms with Crippen LogP contribution in [-0.4, -0.2) is 54.2 Å². The van der Waals surface area contributed by atoms with E-state index in [0.29, 0.717) is 45.3 Å². The molecule has 2 N–H and O–H groups in total. The molecule has 1 saturated heterocycles. The van der Waals surface area contributed by atoms with Crippen molar-refractivity contribution in [1.82, 2.24) is 29.4 Å². The highest BCUT2D eigenvalue weighted by Gasteiger charge is 2.21. The number of pyridine rings is 1. The summed E-state index contributed by atoms with van der Waals surface area (Å²) in [6.45, 7) is 11.5. The Kier molecular flexibility index (Phi) is 8.59. The molecule has 2 aromatic carbocycles. The van der Waals surface area contributed by atoms with Crippen LogP contribution in [0.25, 0.3) is 27.7 Å². The van der Waals surface area contributed by atoms with Crippen LogP contribution in [0.15, 0.2) is 76.6 Å². The van der Waals surface area contributed by atoms with E-state index < -0.39 is 0 Å². The third-order valence-electron chi connectivity index (χ3n) is 9.08. The molecule has 0 aliphatic carbocycles. The minimum atomic E-state index is -0.367. The summed E-state index contributed by atoms with van der Waals surface area (Å²) >= 11 is 0. The molecule has 0 unspecified atom stereocenters. The minimum Gasteiger partial charge on any atom is -0.392 e. The third-order valence-corrected chi connectivity index (χ3v) is 9.08. The first-order chi connectivity index (χ1) is 22.1. The van der Waals surface area contributed by atoms with Gasteiger partial charge in [-0.15, -0.1) is 0 Å². The maximum atomic E-state index is 13.7. The first-order valence-corrected chi connectivity index (χ1v) is 15.9. The van der Waals surface area contributed by atoms with Crippen LogP contribution in [0.5, 0.6) is 0 Å². The number of nitrogens with one attached hydrogen (secondary N) is 1. The number of likely N-dealkylation sites (tertiary alicyclic amines) is 1. The van der Waals surface area contributed by atoms with Crippen molar-refractivity contribution in [2.24, 2.45) is 7.05 Å². The fourth-order valence-corrected chi connectivity index (χ4v) is 6.24. The highest BCUT2D eigenvalue weighted by atomic mass is 16.3. The van der Waals surface area contributed by atoms with Crippen molar-refractivity contribution >= 4 is 22.3 Å². The van der Waals surface area contributed by atoms with E-state index in [1.807, 2.05) is 36.5 Å². The SMILES string of the molecule is CCN1CCC(c2ccc(Nc3cc(-c4cccc(-n5ncc6cc(C(C)(C)C)ccc6c5=O)c4CO)nn(C)c3=O)nc2)CC1. The van der Waals surface area contributed by atoms with Crippen LogP contribution in [0.4, 0.5) is 11.5 Å². The molecule has 0 spiro atoms. The van der Waals surface area contributed by atoms with Crippen LogP contribution in [-0.2, 0) is 19.1 Å². The van der Waals surface area contributed by atoms with Crippen molar-refractivity contribution in [2.75, 3.05) is 25.0 Å². The number of hydrogen-bond donors (Lipinski definition) is 2. The normalized spacial score (nSPS) is 14.6. The molecule has 1 fully saturated rings. The van der Waals surface area contributed by atoms with Gasteiger partial charge in [0.05, 0.1) is 29.6 Å². The number of aromatic nitrogens is 5. The van der Waals surface area contributed by atoms with Crippen LogP contribution in [0.1, 0.15) is 63.1 Å². The topological polar surface area (TPSA) is 118 Å². The molecular weight excluding hydrogens is 578 g/mol. The molecule has 10 heteroatoms. The average molecular weight is 620 g/mol. The quantitative estimate of drug-likeness (QED) is 0.253. The Morgan fingerprint density at radius 1 is 0.978 bits per heavy atom. The van der Waals surface area contributed by atoms with Gasteiger partial charge in [-0.1, -0.05) is 52.0 Å². The maximum Gasteiger partial charge on any atom is 0.290 e. The summed E-state index contributed by atoms with van der Waals surface area (Å²) in [5.41, 5.74) is 3.91. The largest absolute Gasteiger partial charge is 0.392 e. The van der Waals surface area contributed by atoms with E-state index in [1.54, 1.807) is 31.4 Å². The molecular formula is C36H41N7O3. The molecule has 0 radical (unpaired) electrons. The zero-order valence-corrected chi connectivity index (χ0v) is 27.1. The first-order valence-electron chi connectivity index (χ1n) is 15.9. The zero-order valence-electron chi connectivity index (χ0n) is 27.1. The molecule has 10 nitrogen and oxygen atoms in total. The second-order valence-corrected chi connectivity index (χ2v) is 13.1. The summed E-state index contributed by atoms with van der Waals surface area (Å²) in [6, 6.07) is 16.8. The summed E-state index contributed by atoms with van der Waals surface area (Å²) in [5.74, 6) is 1.04. The lowest BCUT2D eigenvalue weighted by Gasteiger charge is -2.31. The fourth-order valence-electron chi connectivity index (χ4n) is 6.24. The van der Waals surface area contributed by atoms with E-state index in [-0.39, 0.29) is 23.1 Å². The number of fused-ring (bicyclic) bond motifs is 1. The zero-order chi connectivity index (χ0) is 32.6. The van der Waals surface area contributed by atoms with Crippen molar-refractivity contribution in [3.05, 3.63) is 104 Å². The van der Waals surface area contributed by atoms with Crippen LogP contribution < -0.4 is 16.4 Å². The second-order valence-electron chi connectivity index (χ2n) is 13.1. The Hall–Kier alpha value is -4.67. The van der Waals surface area contributed by atoms with Crippen molar-refractivity contribution in [3.63, 3.8) is 0 Å². The van der Waals surface area contributed by atoms with Crippen molar-refractivity contribution < 1.29 is 5.11 Å². The van der Waals surface area contributed by atoms with E-state index in [9.17, 15) is 14.7 Å². The number of nitrogens with zero attached hydrogens (tertiary/aromatic N) is 6. The highest BCUT2D eigenvalue weighted by molar-refractivity contribution is 5.82. The summed E-state index contributed by atoms with van der Waals surface area (Å²) in [6.07, 6.45) is 5.80. The number of benzene rings is 2. The fraction of sp³-hybridized carbons (Fsp3) is 0.361. The number of rotatable bonds is 7. The van der Waals surface area contributed by atoms with Gasteiger partial charge < -0.3 is 15.3 Å². The van der Waals surface area contributed by atoms with E-state index in [0.717, 1.165) is 43.4 Å². The van der Waals surface area contributed by atoms with E-state index in [4.69, 9.17) is 0 Å². The number of anilines is 2. The summed E-state index contributed by atoms with van der Waals surface area (Å²) in [7, 11) is 1.58. The Morgan fingerprint density at radius 2 is 1.76 bits per heavy atom. The molecule has 4 heterocycles. The number of aliphatic hydroxyl groups is 1. The lowest BCUT2D eigenvalue weighted by molar-refractivity contribution is 0.222. The molecule has 1 aliphatic heterocycles. The molecule has 3 aromatic heterocycles. The predicted octanol–water partition coefficient (Wildman–Crippen LogP) is 5.27. The molecule has 238 valence electrons. The predicted molar refractivity (Wildman–Crippen MR) is 182 cm³/mol. The lowest BCUT2D eigenvalue weighted by atomic mass is 9.86. The standard InChI is InChI=1S/C36H41N7O3/c1-6-42-16-14-23(15-17-42)24-10-13-33(37-20-24)39-31-19-30(40-41(5)35(31)46)28-8-7-9-32(29(28)22-44)43-34(45)27-12-11-26(36(2,3)4)18-25(27)21-38-43/h7-13,18-21,23,44H,6,14-17,22H2,1-5H3,(H,37,39). The van der Waals surface area contributed by atoms with Gasteiger partial charge in [-0.2, -0.15) is 14.9 Å². The van der Waals surface area contributed by atoms with Gasteiger partial charge in [0.2, 0.25) is 0 Å². The van der Waals surface area contributed by atoms with Gasteiger partial charge >= 0.3 is 0 Å². The van der Waals surface area contributed by atoms with Gasteiger partial charge in [0.25, 0.3) is 11.1 Å². The van der Waals surface area contributed by atoms with Crippen molar-refractivity contribution in [1.29, 1.82) is 0 Å². The Morgan fingerprint density at radius 3 is 2.43 bits per heavy atom. The molecule has 0 amide bonds. The Labute approximate surface area is 268 Å². The van der Waals surface area contributed by atoms with Gasteiger partial charge in [-0.3, -0.25) is 9.59 Å². The van der Waals surface area contributed by atoms with E-state index in [1.165, 1.54) is 14.9 Å². The van der Waals surface area contributed by atoms with Gasteiger partial charge in [0.1, 0.15) is 11.5 Å². The van der Waals surface area contributed by atoms with Gasteiger partial charge in [0.15, 0.2) is 0 Å². The lowest BCUT2D eigenvalue weighted by Crippen LogP contribution is -2.32. The highest BCUT2D eigenvalue weighted by Crippen LogP contribution is 2.30. The molecule has 46 heavy (non-hydrogen) atoms.